The molecule has 22 heavy (non-hydrogen) atoms. The number of halogens is 8. The van der Waals surface area contributed by atoms with Crippen LogP contribution in [0.1, 0.15) is 5.56 Å². The van der Waals surface area contributed by atoms with Crippen LogP contribution >= 0.6 is 11.6 Å². The molecule has 0 saturated heterocycles. The minimum Gasteiger partial charge on any atom is -0.461 e. The lowest BCUT2D eigenvalue weighted by molar-refractivity contribution is -0.348. The third-order valence-corrected chi connectivity index (χ3v) is 2.94. The molecule has 2 nitrogen and oxygen atoms in total. The molecule has 0 radical (unpaired) electrons. The molecule has 0 unspecified atom stereocenters. The Kier molecular flexibility index (Phi) is 5.32. The number of benzene rings is 1. The zero-order valence-corrected chi connectivity index (χ0v) is 11.3. The van der Waals surface area contributed by atoms with Crippen molar-refractivity contribution in [2.24, 2.45) is 0 Å². The van der Waals surface area contributed by atoms with Crippen molar-refractivity contribution in [2.75, 3.05) is 6.61 Å². The Bertz CT molecular complexity index is 543. The summed E-state index contributed by atoms with van der Waals surface area (Å²) in [5, 5.41) is 0.200. The first kappa shape index (κ1) is 18.5. The quantitative estimate of drug-likeness (QED) is 0.585. The molecule has 124 valence electrons. The van der Waals surface area contributed by atoms with E-state index in [4.69, 9.17) is 11.6 Å². The topological polar surface area (TPSA) is 26.3 Å². The van der Waals surface area contributed by atoms with Crippen molar-refractivity contribution in [2.45, 2.75) is 24.4 Å². The average Bonchev–Trinajstić information content (AvgIpc) is 2.39. The Labute approximate surface area is 124 Å². The number of esters is 1. The van der Waals surface area contributed by atoms with Gasteiger partial charge in [-0.05, 0) is 11.6 Å². The van der Waals surface area contributed by atoms with Gasteiger partial charge in [0, 0.05) is 11.4 Å². The Balaban J connectivity index is 2.71. The molecule has 0 amide bonds. The van der Waals surface area contributed by atoms with Crippen LogP contribution in [-0.4, -0.2) is 30.6 Å². The fraction of sp³-hybridized carbons (Fsp3) is 0.417. The number of hydrogen-bond donors (Lipinski definition) is 0. The van der Waals surface area contributed by atoms with E-state index < -0.39 is 30.6 Å². The van der Waals surface area contributed by atoms with Crippen LogP contribution in [0.2, 0.25) is 5.02 Å². The van der Waals surface area contributed by atoms with Crippen LogP contribution in [0.3, 0.4) is 0 Å². The summed E-state index contributed by atoms with van der Waals surface area (Å²) in [4.78, 5) is 10.8. The summed E-state index contributed by atoms with van der Waals surface area (Å²) in [6.45, 7) is -0.827. The lowest BCUT2D eigenvalue weighted by Gasteiger charge is -2.26. The molecule has 1 rings (SSSR count). The summed E-state index contributed by atoms with van der Waals surface area (Å²) in [6.07, 6.45) is -6.81. The third kappa shape index (κ3) is 3.63. The molecule has 1 aromatic rings. The Morgan fingerprint density at radius 3 is 2.09 bits per heavy atom. The molecule has 0 N–H and O–H groups in total. The van der Waals surface area contributed by atoms with Crippen LogP contribution in [0.4, 0.5) is 30.7 Å². The summed E-state index contributed by atoms with van der Waals surface area (Å²) < 4.78 is 90.4. The van der Waals surface area contributed by atoms with Gasteiger partial charge in [0.15, 0.2) is 0 Å². The Hall–Kier alpha value is -1.51. The van der Waals surface area contributed by atoms with E-state index in [1.165, 1.54) is 18.2 Å². The van der Waals surface area contributed by atoms with Gasteiger partial charge in [-0.2, -0.15) is 30.7 Å². The van der Waals surface area contributed by atoms with E-state index in [0.717, 1.165) is 0 Å². The minimum absolute atomic E-state index is 0.200. The van der Waals surface area contributed by atoms with Crippen LogP contribution in [-0.2, 0) is 16.0 Å². The monoisotopic (exact) mass is 352 g/mol. The van der Waals surface area contributed by atoms with Crippen molar-refractivity contribution in [3.05, 3.63) is 34.9 Å². The van der Waals surface area contributed by atoms with Gasteiger partial charge >= 0.3 is 24.0 Å². The van der Waals surface area contributed by atoms with Gasteiger partial charge in [-0.1, -0.05) is 29.8 Å². The van der Waals surface area contributed by atoms with E-state index in [9.17, 15) is 35.5 Å². The number of alkyl halides is 7. The Morgan fingerprint density at radius 1 is 1.05 bits per heavy atom. The van der Waals surface area contributed by atoms with Crippen LogP contribution in [0.5, 0.6) is 0 Å². The smallest absolute Gasteiger partial charge is 0.460 e. The summed E-state index contributed by atoms with van der Waals surface area (Å²) in [7, 11) is 0. The molecule has 0 aliphatic heterocycles. The van der Waals surface area contributed by atoms with Crippen LogP contribution in [0, 0.1) is 0 Å². The molecule has 0 spiro atoms. The van der Waals surface area contributed by atoms with Gasteiger partial charge in [-0.15, -0.1) is 0 Å². The second-order valence-electron chi connectivity index (χ2n) is 4.12. The molecular formula is C12H8ClF7O2. The number of ether oxygens (including phenoxy) is 1. The molecule has 1 aromatic carbocycles. The van der Waals surface area contributed by atoms with E-state index >= 15 is 0 Å². The maximum Gasteiger partial charge on any atom is 0.460 e. The van der Waals surface area contributed by atoms with Gasteiger partial charge in [-0.25, -0.2) is 4.79 Å². The van der Waals surface area contributed by atoms with Gasteiger partial charge in [-0.3, -0.25) is 0 Å². The summed E-state index contributed by atoms with van der Waals surface area (Å²) in [6, 6.07) is 5.95. The normalized spacial score (nSPS) is 13.1. The highest BCUT2D eigenvalue weighted by molar-refractivity contribution is 6.31. The first-order valence-corrected chi connectivity index (χ1v) is 6.02. The molecule has 10 heteroatoms. The van der Waals surface area contributed by atoms with Gasteiger partial charge in [0.05, 0.1) is 6.61 Å². The SMILES string of the molecule is O=C(OCCc1ccccc1Cl)C(F)(F)C(F)(F)C(F)(F)F. The lowest BCUT2D eigenvalue weighted by atomic mass is 10.1. The summed E-state index contributed by atoms with van der Waals surface area (Å²) in [5.41, 5.74) is 0.350. The van der Waals surface area contributed by atoms with Crippen molar-refractivity contribution in [3.8, 4) is 0 Å². The zero-order chi connectivity index (χ0) is 17.2. The molecule has 0 aromatic heterocycles. The van der Waals surface area contributed by atoms with Crippen molar-refractivity contribution in [1.82, 2.24) is 0 Å². The largest absolute Gasteiger partial charge is 0.461 e. The van der Waals surface area contributed by atoms with Gasteiger partial charge in [0.1, 0.15) is 0 Å². The van der Waals surface area contributed by atoms with Crippen LogP contribution in [0.15, 0.2) is 24.3 Å². The minimum atomic E-state index is -6.59. The third-order valence-electron chi connectivity index (χ3n) is 2.57. The molecule has 0 aliphatic carbocycles. The molecule has 0 heterocycles. The average molecular weight is 353 g/mol. The summed E-state index contributed by atoms with van der Waals surface area (Å²) in [5.74, 6) is -15.5. The van der Waals surface area contributed by atoms with Gasteiger partial charge < -0.3 is 4.74 Å². The standard InChI is InChI=1S/C12H8ClF7O2/c13-8-4-2-1-3-7(8)5-6-22-9(21)10(14,15)11(16,17)12(18,19)20/h1-4H,5-6H2. The van der Waals surface area contributed by atoms with Crippen molar-refractivity contribution in [3.63, 3.8) is 0 Å². The van der Waals surface area contributed by atoms with Crippen LogP contribution < -0.4 is 0 Å². The second-order valence-corrected chi connectivity index (χ2v) is 4.53. The maximum absolute atomic E-state index is 12.9. The highest BCUT2D eigenvalue weighted by Gasteiger charge is 2.77. The van der Waals surface area contributed by atoms with Gasteiger partial charge in [0.2, 0.25) is 0 Å². The van der Waals surface area contributed by atoms with Crippen molar-refractivity contribution in [1.29, 1.82) is 0 Å². The molecule has 0 fully saturated rings. The van der Waals surface area contributed by atoms with E-state index in [1.54, 1.807) is 6.07 Å². The molecule has 0 saturated carbocycles. The lowest BCUT2D eigenvalue weighted by Crippen LogP contribution is -2.56. The molecular weight excluding hydrogens is 345 g/mol. The number of hydrogen-bond acceptors (Lipinski definition) is 2. The molecule has 0 atom stereocenters. The predicted molar refractivity (Wildman–Crippen MR) is 62.1 cm³/mol. The second kappa shape index (κ2) is 6.31. The summed E-state index contributed by atoms with van der Waals surface area (Å²) >= 11 is 5.70. The Morgan fingerprint density at radius 2 is 1.59 bits per heavy atom. The predicted octanol–water partition coefficient (Wildman–Crippen LogP) is 4.26. The van der Waals surface area contributed by atoms with E-state index in [2.05, 4.69) is 4.74 Å². The first-order chi connectivity index (χ1) is 9.91. The first-order valence-electron chi connectivity index (χ1n) is 5.64. The van der Waals surface area contributed by atoms with Gasteiger partial charge in [0.25, 0.3) is 0 Å². The fourth-order valence-electron chi connectivity index (χ4n) is 1.35. The number of rotatable bonds is 5. The molecule has 0 bridgehead atoms. The highest BCUT2D eigenvalue weighted by atomic mass is 35.5. The van der Waals surface area contributed by atoms with E-state index in [-0.39, 0.29) is 11.4 Å². The highest BCUT2D eigenvalue weighted by Crippen LogP contribution is 2.46. The zero-order valence-electron chi connectivity index (χ0n) is 10.6. The van der Waals surface area contributed by atoms with E-state index in [0.29, 0.717) is 5.56 Å². The van der Waals surface area contributed by atoms with Crippen molar-refractivity contribution >= 4 is 17.6 Å². The number of carbonyl (C=O) groups excluding carboxylic acids is 1. The maximum atomic E-state index is 12.9. The molecule has 0 aliphatic rings. The van der Waals surface area contributed by atoms with Crippen molar-refractivity contribution < 1.29 is 40.3 Å². The fourth-order valence-corrected chi connectivity index (χ4v) is 1.58. The van der Waals surface area contributed by atoms with E-state index in [1.807, 2.05) is 0 Å². The number of carbonyl (C=O) groups is 1. The van der Waals surface area contributed by atoms with Crippen LogP contribution in [0.25, 0.3) is 0 Å².